The van der Waals surface area contributed by atoms with Crippen molar-refractivity contribution in [3.8, 4) is 23.0 Å². The van der Waals surface area contributed by atoms with Crippen LogP contribution in [0.15, 0.2) is 60.8 Å². The van der Waals surface area contributed by atoms with Gasteiger partial charge in [-0.1, -0.05) is 23.8 Å². The van der Waals surface area contributed by atoms with Crippen LogP contribution in [0.2, 0.25) is 0 Å². The number of aryl methyl sites for hydroxylation is 3. The summed E-state index contributed by atoms with van der Waals surface area (Å²) in [4.78, 5) is 13.3. The Morgan fingerprint density at radius 3 is 2.62 bits per heavy atom. The second-order valence-electron chi connectivity index (χ2n) is 7.44. The number of rotatable bonds is 6. The summed E-state index contributed by atoms with van der Waals surface area (Å²) < 4.78 is 16.5. The molecule has 0 bridgehead atoms. The number of nitriles is 1. The Hall–Kier alpha value is -4.25. The summed E-state index contributed by atoms with van der Waals surface area (Å²) in [5, 5.41) is 20.8. The molecule has 32 heavy (non-hydrogen) atoms. The normalized spacial score (nSPS) is 10.7. The number of hydrogen-bond donors (Lipinski definition) is 1. The fourth-order valence-electron chi connectivity index (χ4n) is 3.43. The van der Waals surface area contributed by atoms with Crippen LogP contribution in [0.1, 0.15) is 28.0 Å². The molecule has 0 aliphatic heterocycles. The van der Waals surface area contributed by atoms with E-state index < -0.39 is 0 Å². The minimum absolute atomic E-state index is 0.279. The van der Waals surface area contributed by atoms with Gasteiger partial charge in [0.25, 0.3) is 5.91 Å². The Morgan fingerprint density at radius 2 is 1.91 bits per heavy atom. The number of nitrogens with zero attached hydrogens (tertiary/aromatic N) is 5. The fraction of sp³-hybridized carbons (Fsp3) is 0.167. The molecule has 0 fully saturated rings. The van der Waals surface area contributed by atoms with Crippen molar-refractivity contribution in [2.24, 2.45) is 0 Å². The van der Waals surface area contributed by atoms with Gasteiger partial charge >= 0.3 is 0 Å². The number of aromatic nitrogens is 4. The van der Waals surface area contributed by atoms with Crippen molar-refractivity contribution in [1.29, 1.82) is 5.26 Å². The predicted octanol–water partition coefficient (Wildman–Crippen LogP) is 4.66. The van der Waals surface area contributed by atoms with Crippen molar-refractivity contribution < 1.29 is 9.18 Å². The average Bonchev–Trinajstić information content (AvgIpc) is 3.36. The van der Waals surface area contributed by atoms with Crippen LogP contribution < -0.4 is 5.32 Å². The van der Waals surface area contributed by atoms with Gasteiger partial charge in [-0.3, -0.25) is 4.79 Å². The van der Waals surface area contributed by atoms with E-state index in [1.54, 1.807) is 33.8 Å². The number of benzene rings is 2. The van der Waals surface area contributed by atoms with Crippen LogP contribution in [0.5, 0.6) is 0 Å². The van der Waals surface area contributed by atoms with Crippen LogP contribution in [0, 0.1) is 31.0 Å². The molecule has 0 unspecified atom stereocenters. The summed E-state index contributed by atoms with van der Waals surface area (Å²) >= 11 is 0. The molecule has 2 aromatic carbocycles. The monoisotopic (exact) mass is 428 g/mol. The maximum atomic E-state index is 13.4. The summed E-state index contributed by atoms with van der Waals surface area (Å²) in [6.45, 7) is 4.17. The van der Waals surface area contributed by atoms with Crippen LogP contribution in [0.25, 0.3) is 16.9 Å². The highest BCUT2D eigenvalue weighted by Gasteiger charge is 2.20. The lowest BCUT2D eigenvalue weighted by molar-refractivity contribution is 0.102. The van der Waals surface area contributed by atoms with Crippen LogP contribution in [-0.4, -0.2) is 25.5 Å². The minimum atomic E-state index is -0.354. The van der Waals surface area contributed by atoms with E-state index in [9.17, 15) is 9.18 Å². The maximum absolute atomic E-state index is 13.4. The second kappa shape index (κ2) is 8.86. The zero-order valence-corrected chi connectivity index (χ0v) is 17.7. The first-order chi connectivity index (χ1) is 15.4. The zero-order valence-electron chi connectivity index (χ0n) is 17.7. The van der Waals surface area contributed by atoms with Crippen molar-refractivity contribution in [2.75, 3.05) is 5.32 Å². The standard InChI is InChI=1S/C24H21FN6O/c1-16-5-3-6-18(13-16)23-21(15-31(29-23)20-9-7-19(25)8-10-20)24(32)27-22-14-17(2)28-30(22)12-4-11-26/h3,5-10,13-15H,4,12H2,1-2H3,(H,27,32). The highest BCUT2D eigenvalue weighted by atomic mass is 19.1. The Balaban J connectivity index is 1.74. The van der Waals surface area contributed by atoms with Gasteiger partial charge in [0.05, 0.1) is 36.0 Å². The van der Waals surface area contributed by atoms with Gasteiger partial charge in [0.1, 0.15) is 17.3 Å². The summed E-state index contributed by atoms with van der Waals surface area (Å²) in [5.41, 5.74) is 4.08. The van der Waals surface area contributed by atoms with E-state index in [-0.39, 0.29) is 18.1 Å². The number of anilines is 1. The topological polar surface area (TPSA) is 88.5 Å². The number of amides is 1. The molecule has 4 aromatic rings. The molecule has 7 nitrogen and oxygen atoms in total. The Bertz CT molecular complexity index is 1310. The van der Waals surface area contributed by atoms with Crippen molar-refractivity contribution >= 4 is 11.7 Å². The highest BCUT2D eigenvalue weighted by molar-refractivity contribution is 6.07. The van der Waals surface area contributed by atoms with Crippen LogP contribution in [0.4, 0.5) is 10.2 Å². The van der Waals surface area contributed by atoms with Gasteiger partial charge in [0, 0.05) is 17.8 Å². The number of hydrogen-bond acceptors (Lipinski definition) is 4. The summed E-state index contributed by atoms with van der Waals surface area (Å²) in [6.07, 6.45) is 1.91. The van der Waals surface area contributed by atoms with E-state index in [2.05, 4.69) is 21.6 Å². The molecular formula is C24H21FN6O. The smallest absolute Gasteiger partial charge is 0.260 e. The molecule has 1 N–H and O–H groups in total. The molecule has 0 aliphatic rings. The van der Waals surface area contributed by atoms with Gasteiger partial charge < -0.3 is 5.32 Å². The second-order valence-corrected chi connectivity index (χ2v) is 7.44. The number of carbonyl (C=O) groups is 1. The van der Waals surface area contributed by atoms with Crippen molar-refractivity contribution in [2.45, 2.75) is 26.8 Å². The van der Waals surface area contributed by atoms with Crippen molar-refractivity contribution in [3.05, 3.63) is 83.4 Å². The van der Waals surface area contributed by atoms with Gasteiger partial charge in [0.15, 0.2) is 0 Å². The number of carbonyl (C=O) groups excluding carboxylic acids is 1. The quantitative estimate of drug-likeness (QED) is 0.484. The molecule has 0 atom stereocenters. The molecule has 8 heteroatoms. The first kappa shape index (κ1) is 21.0. The molecule has 2 heterocycles. The lowest BCUT2D eigenvalue weighted by atomic mass is 10.1. The maximum Gasteiger partial charge on any atom is 0.260 e. The third kappa shape index (κ3) is 4.42. The Morgan fingerprint density at radius 1 is 1.12 bits per heavy atom. The van der Waals surface area contributed by atoms with Gasteiger partial charge in [-0.05, 0) is 44.2 Å². The first-order valence-corrected chi connectivity index (χ1v) is 10.1. The van der Waals surface area contributed by atoms with Gasteiger partial charge in [0.2, 0.25) is 0 Å². The van der Waals surface area contributed by atoms with E-state index in [0.717, 1.165) is 16.8 Å². The Labute approximate surface area is 184 Å². The lowest BCUT2D eigenvalue weighted by Gasteiger charge is -2.08. The molecular weight excluding hydrogens is 407 g/mol. The van der Waals surface area contributed by atoms with E-state index in [4.69, 9.17) is 5.26 Å². The largest absolute Gasteiger partial charge is 0.307 e. The summed E-state index contributed by atoms with van der Waals surface area (Å²) in [7, 11) is 0. The molecule has 1 amide bonds. The summed E-state index contributed by atoms with van der Waals surface area (Å²) in [6, 6.07) is 17.5. The molecule has 2 aromatic heterocycles. The minimum Gasteiger partial charge on any atom is -0.307 e. The van der Waals surface area contributed by atoms with E-state index in [1.807, 2.05) is 38.1 Å². The summed E-state index contributed by atoms with van der Waals surface area (Å²) in [5.74, 6) is -0.195. The van der Waals surface area contributed by atoms with Crippen LogP contribution in [0.3, 0.4) is 0 Å². The van der Waals surface area contributed by atoms with E-state index in [1.165, 1.54) is 12.1 Å². The number of nitrogens with one attached hydrogen (secondary N) is 1. The van der Waals surface area contributed by atoms with E-state index >= 15 is 0 Å². The third-order valence-corrected chi connectivity index (χ3v) is 4.92. The number of halogens is 1. The SMILES string of the molecule is Cc1cccc(-c2nn(-c3ccc(F)cc3)cc2C(=O)Nc2cc(C)nn2CCC#N)c1. The molecule has 0 saturated heterocycles. The predicted molar refractivity (Wildman–Crippen MR) is 119 cm³/mol. The van der Waals surface area contributed by atoms with Gasteiger partial charge in [-0.15, -0.1) is 0 Å². The van der Waals surface area contributed by atoms with Crippen molar-refractivity contribution in [1.82, 2.24) is 19.6 Å². The Kier molecular flexibility index (Phi) is 5.81. The van der Waals surface area contributed by atoms with E-state index in [0.29, 0.717) is 29.3 Å². The lowest BCUT2D eigenvalue weighted by Crippen LogP contribution is -2.16. The fourth-order valence-corrected chi connectivity index (χ4v) is 3.43. The average molecular weight is 428 g/mol. The molecule has 0 radical (unpaired) electrons. The third-order valence-electron chi connectivity index (χ3n) is 4.92. The molecule has 0 aliphatic carbocycles. The molecule has 0 saturated carbocycles. The molecule has 0 spiro atoms. The van der Waals surface area contributed by atoms with Gasteiger partial charge in [-0.2, -0.15) is 15.5 Å². The zero-order chi connectivity index (χ0) is 22.7. The van der Waals surface area contributed by atoms with Gasteiger partial charge in [-0.25, -0.2) is 13.8 Å². The van der Waals surface area contributed by atoms with Crippen molar-refractivity contribution in [3.63, 3.8) is 0 Å². The molecule has 4 rings (SSSR count). The van der Waals surface area contributed by atoms with Crippen LogP contribution >= 0.6 is 0 Å². The van der Waals surface area contributed by atoms with Crippen LogP contribution in [-0.2, 0) is 6.54 Å². The molecule has 160 valence electrons. The highest BCUT2D eigenvalue weighted by Crippen LogP contribution is 2.26. The first-order valence-electron chi connectivity index (χ1n) is 10.1.